The van der Waals surface area contributed by atoms with Gasteiger partial charge in [0.05, 0.1) is 17.2 Å². The minimum atomic E-state index is -0.168. The SMILES string of the molecule is CCOC(=O)C1CCc2sc(-c3sccc3Br)nc21. The molecule has 100 valence electrons. The van der Waals surface area contributed by atoms with Crippen LogP contribution in [0.4, 0.5) is 0 Å². The van der Waals surface area contributed by atoms with E-state index in [4.69, 9.17) is 4.74 Å². The number of carbonyl (C=O) groups is 1. The van der Waals surface area contributed by atoms with Crippen LogP contribution < -0.4 is 0 Å². The monoisotopic (exact) mass is 357 g/mol. The number of rotatable bonds is 3. The van der Waals surface area contributed by atoms with Crippen molar-refractivity contribution in [3.05, 3.63) is 26.5 Å². The number of hydrogen-bond donors (Lipinski definition) is 0. The van der Waals surface area contributed by atoms with Crippen molar-refractivity contribution in [1.82, 2.24) is 4.98 Å². The third-order valence-electron chi connectivity index (χ3n) is 3.10. The van der Waals surface area contributed by atoms with E-state index in [1.807, 2.05) is 18.4 Å². The predicted octanol–water partition coefficient (Wildman–Crippen LogP) is 4.23. The fourth-order valence-electron chi connectivity index (χ4n) is 2.24. The Bertz CT molecular complexity index is 620. The highest BCUT2D eigenvalue weighted by molar-refractivity contribution is 9.10. The van der Waals surface area contributed by atoms with Crippen LogP contribution in [0.5, 0.6) is 0 Å². The van der Waals surface area contributed by atoms with Crippen molar-refractivity contribution in [3.8, 4) is 9.88 Å². The maximum absolute atomic E-state index is 11.9. The maximum atomic E-state index is 11.9. The summed E-state index contributed by atoms with van der Waals surface area (Å²) in [5, 5.41) is 3.04. The Hall–Kier alpha value is -0.720. The highest BCUT2D eigenvalue weighted by Gasteiger charge is 2.34. The molecular weight excluding hydrogens is 346 g/mol. The summed E-state index contributed by atoms with van der Waals surface area (Å²) in [6, 6.07) is 2.02. The number of nitrogens with zero attached hydrogens (tertiary/aromatic N) is 1. The second kappa shape index (κ2) is 5.34. The van der Waals surface area contributed by atoms with E-state index in [1.165, 1.54) is 4.88 Å². The number of aryl methyl sites for hydroxylation is 1. The molecule has 0 N–H and O–H groups in total. The van der Waals surface area contributed by atoms with Gasteiger partial charge in [0.1, 0.15) is 10.9 Å². The molecule has 2 heterocycles. The van der Waals surface area contributed by atoms with E-state index in [0.717, 1.165) is 32.9 Å². The maximum Gasteiger partial charge on any atom is 0.315 e. The largest absolute Gasteiger partial charge is 0.465 e. The van der Waals surface area contributed by atoms with Crippen molar-refractivity contribution in [2.75, 3.05) is 6.61 Å². The van der Waals surface area contributed by atoms with E-state index < -0.39 is 0 Å². The number of thiophene rings is 1. The third-order valence-corrected chi connectivity index (χ3v) is 6.22. The van der Waals surface area contributed by atoms with Crippen LogP contribution in [-0.4, -0.2) is 17.6 Å². The minimum Gasteiger partial charge on any atom is -0.465 e. The molecular formula is C13H12BrNO2S2. The number of carbonyl (C=O) groups excluding carboxylic acids is 1. The van der Waals surface area contributed by atoms with Gasteiger partial charge >= 0.3 is 5.97 Å². The number of fused-ring (bicyclic) bond motifs is 1. The van der Waals surface area contributed by atoms with Gasteiger partial charge in [-0.2, -0.15) is 0 Å². The van der Waals surface area contributed by atoms with Gasteiger partial charge in [0.25, 0.3) is 0 Å². The molecule has 1 atom stereocenters. The quantitative estimate of drug-likeness (QED) is 0.771. The van der Waals surface area contributed by atoms with Gasteiger partial charge in [-0.1, -0.05) is 0 Å². The first-order chi connectivity index (χ1) is 9.20. The second-order valence-corrected chi connectivity index (χ2v) is 7.12. The molecule has 0 saturated carbocycles. The molecule has 0 amide bonds. The van der Waals surface area contributed by atoms with Crippen LogP contribution >= 0.6 is 38.6 Å². The molecule has 0 fully saturated rings. The van der Waals surface area contributed by atoms with E-state index in [-0.39, 0.29) is 11.9 Å². The molecule has 0 aliphatic heterocycles. The molecule has 1 aliphatic carbocycles. The Balaban J connectivity index is 1.93. The zero-order valence-electron chi connectivity index (χ0n) is 10.3. The summed E-state index contributed by atoms with van der Waals surface area (Å²) in [6.45, 7) is 2.27. The van der Waals surface area contributed by atoms with Crippen molar-refractivity contribution in [3.63, 3.8) is 0 Å². The molecule has 0 radical (unpaired) electrons. The van der Waals surface area contributed by atoms with Gasteiger partial charge in [0.15, 0.2) is 0 Å². The van der Waals surface area contributed by atoms with Gasteiger partial charge in [0, 0.05) is 9.35 Å². The topological polar surface area (TPSA) is 39.2 Å². The zero-order chi connectivity index (χ0) is 13.4. The average molecular weight is 358 g/mol. The zero-order valence-corrected chi connectivity index (χ0v) is 13.5. The molecule has 2 aromatic rings. The van der Waals surface area contributed by atoms with Crippen molar-refractivity contribution in [1.29, 1.82) is 0 Å². The average Bonchev–Trinajstić information content (AvgIpc) is 3.02. The van der Waals surface area contributed by atoms with Gasteiger partial charge in [-0.05, 0) is 47.1 Å². The van der Waals surface area contributed by atoms with Crippen LogP contribution in [0, 0.1) is 0 Å². The minimum absolute atomic E-state index is 0.136. The lowest BCUT2D eigenvalue weighted by Gasteiger charge is -2.07. The Morgan fingerprint density at radius 2 is 2.47 bits per heavy atom. The van der Waals surface area contributed by atoms with Crippen LogP contribution in [0.3, 0.4) is 0 Å². The Labute approximate surface area is 127 Å². The smallest absolute Gasteiger partial charge is 0.315 e. The number of ether oxygens (including phenoxy) is 1. The van der Waals surface area contributed by atoms with E-state index in [1.54, 1.807) is 22.7 Å². The summed E-state index contributed by atoms with van der Waals surface area (Å²) >= 11 is 6.89. The van der Waals surface area contributed by atoms with Gasteiger partial charge < -0.3 is 4.74 Å². The van der Waals surface area contributed by atoms with Crippen molar-refractivity contribution >= 4 is 44.6 Å². The van der Waals surface area contributed by atoms with Crippen LogP contribution in [0.25, 0.3) is 9.88 Å². The highest BCUT2D eigenvalue weighted by Crippen LogP contribution is 2.43. The van der Waals surface area contributed by atoms with E-state index >= 15 is 0 Å². The van der Waals surface area contributed by atoms with Crippen LogP contribution in [-0.2, 0) is 16.0 Å². The van der Waals surface area contributed by atoms with Crippen LogP contribution in [0.15, 0.2) is 15.9 Å². The molecule has 0 saturated heterocycles. The van der Waals surface area contributed by atoms with Crippen LogP contribution in [0.1, 0.15) is 29.8 Å². The van der Waals surface area contributed by atoms with Gasteiger partial charge in [-0.3, -0.25) is 4.79 Å². The van der Waals surface area contributed by atoms with E-state index in [9.17, 15) is 4.79 Å². The first-order valence-corrected chi connectivity index (χ1v) is 8.59. The lowest BCUT2D eigenvalue weighted by molar-refractivity contribution is -0.145. The summed E-state index contributed by atoms with van der Waals surface area (Å²) in [4.78, 5) is 19.0. The molecule has 0 bridgehead atoms. The molecule has 19 heavy (non-hydrogen) atoms. The Morgan fingerprint density at radius 1 is 1.63 bits per heavy atom. The lowest BCUT2D eigenvalue weighted by Crippen LogP contribution is -2.14. The fraction of sp³-hybridized carbons (Fsp3) is 0.385. The Kier molecular flexibility index (Phi) is 3.73. The summed E-state index contributed by atoms with van der Waals surface area (Å²) < 4.78 is 6.19. The number of thiazole rings is 1. The predicted molar refractivity (Wildman–Crippen MR) is 80.8 cm³/mol. The van der Waals surface area contributed by atoms with Crippen LogP contribution in [0.2, 0.25) is 0 Å². The fourth-order valence-corrected chi connectivity index (χ4v) is 5.18. The highest BCUT2D eigenvalue weighted by atomic mass is 79.9. The Morgan fingerprint density at radius 3 is 3.16 bits per heavy atom. The van der Waals surface area contributed by atoms with E-state index in [0.29, 0.717) is 6.61 Å². The van der Waals surface area contributed by atoms with Gasteiger partial charge in [0.2, 0.25) is 0 Å². The molecule has 2 aromatic heterocycles. The lowest BCUT2D eigenvalue weighted by atomic mass is 10.1. The summed E-state index contributed by atoms with van der Waals surface area (Å²) in [6.07, 6.45) is 1.76. The second-order valence-electron chi connectivity index (χ2n) is 4.27. The molecule has 1 aliphatic rings. The molecule has 1 unspecified atom stereocenters. The normalized spacial score (nSPS) is 17.5. The molecule has 0 spiro atoms. The first kappa shape index (κ1) is 13.3. The number of esters is 1. The summed E-state index contributed by atoms with van der Waals surface area (Å²) in [5.74, 6) is -0.304. The number of aromatic nitrogens is 1. The summed E-state index contributed by atoms with van der Waals surface area (Å²) in [5.41, 5.74) is 0.929. The third kappa shape index (κ3) is 2.37. The first-order valence-electron chi connectivity index (χ1n) is 6.10. The number of halogens is 1. The van der Waals surface area contributed by atoms with Crippen molar-refractivity contribution in [2.24, 2.45) is 0 Å². The molecule has 3 rings (SSSR count). The summed E-state index contributed by atoms with van der Waals surface area (Å²) in [7, 11) is 0. The van der Waals surface area contributed by atoms with Gasteiger partial charge in [-0.15, -0.1) is 22.7 Å². The van der Waals surface area contributed by atoms with Gasteiger partial charge in [-0.25, -0.2) is 4.98 Å². The molecule has 3 nitrogen and oxygen atoms in total. The van der Waals surface area contributed by atoms with E-state index in [2.05, 4.69) is 20.9 Å². The van der Waals surface area contributed by atoms with Crippen molar-refractivity contribution < 1.29 is 9.53 Å². The van der Waals surface area contributed by atoms with Crippen molar-refractivity contribution in [2.45, 2.75) is 25.7 Å². The molecule has 6 heteroatoms. The molecule has 0 aromatic carbocycles. The standard InChI is InChI=1S/C13H12BrNO2S2/c1-2-17-13(16)7-3-4-9-10(7)15-12(19-9)11-8(14)5-6-18-11/h5-7H,2-4H2,1H3. The number of hydrogen-bond acceptors (Lipinski definition) is 5.